The molecule has 0 saturated carbocycles. The van der Waals surface area contributed by atoms with Gasteiger partial charge in [-0.15, -0.1) is 0 Å². The Morgan fingerprint density at radius 3 is 2.04 bits per heavy atom. The SMILES string of the molecule is Cc1ccc2c(c1)C(C)(C)c1cc(N(C)c3ccc(C)c(F)c3)ccc1-2. The number of nitrogens with zero attached hydrogens (tertiary/aromatic N) is 1. The number of hydrogen-bond donors (Lipinski definition) is 0. The van der Waals surface area contributed by atoms with Gasteiger partial charge in [0, 0.05) is 23.8 Å². The van der Waals surface area contributed by atoms with E-state index in [0.29, 0.717) is 5.56 Å². The predicted molar refractivity (Wildman–Crippen MR) is 108 cm³/mol. The molecule has 132 valence electrons. The van der Waals surface area contributed by atoms with Crippen LogP contribution in [0.5, 0.6) is 0 Å². The molecule has 1 aliphatic carbocycles. The molecule has 2 heteroatoms. The minimum absolute atomic E-state index is 0.0357. The van der Waals surface area contributed by atoms with E-state index in [9.17, 15) is 4.39 Å². The Hall–Kier alpha value is -2.61. The van der Waals surface area contributed by atoms with Crippen molar-refractivity contribution < 1.29 is 4.39 Å². The van der Waals surface area contributed by atoms with Gasteiger partial charge >= 0.3 is 0 Å². The summed E-state index contributed by atoms with van der Waals surface area (Å²) in [5, 5.41) is 0. The van der Waals surface area contributed by atoms with Crippen molar-refractivity contribution in [3.8, 4) is 11.1 Å². The molecule has 0 radical (unpaired) electrons. The number of fused-ring (bicyclic) bond motifs is 3. The Labute approximate surface area is 155 Å². The normalized spacial score (nSPS) is 14.1. The van der Waals surface area contributed by atoms with Crippen LogP contribution in [-0.4, -0.2) is 7.05 Å². The van der Waals surface area contributed by atoms with E-state index >= 15 is 0 Å². The first-order valence-corrected chi connectivity index (χ1v) is 9.05. The lowest BCUT2D eigenvalue weighted by molar-refractivity contribution is 0.618. The second-order valence-corrected chi connectivity index (χ2v) is 7.90. The first-order valence-electron chi connectivity index (χ1n) is 9.05. The molecule has 4 rings (SSSR count). The minimum Gasteiger partial charge on any atom is -0.345 e. The molecule has 0 amide bonds. The Morgan fingerprint density at radius 1 is 0.769 bits per heavy atom. The van der Waals surface area contributed by atoms with E-state index in [0.717, 1.165) is 11.4 Å². The number of aryl methyl sites for hydroxylation is 2. The number of halogens is 1. The molecule has 0 unspecified atom stereocenters. The third-order valence-electron chi connectivity index (χ3n) is 5.75. The van der Waals surface area contributed by atoms with Crippen LogP contribution in [0.25, 0.3) is 11.1 Å². The predicted octanol–water partition coefficient (Wildman–Crippen LogP) is 6.52. The molecule has 0 aliphatic heterocycles. The van der Waals surface area contributed by atoms with Crippen molar-refractivity contribution in [1.29, 1.82) is 0 Å². The Balaban J connectivity index is 1.80. The molecule has 0 aromatic heterocycles. The van der Waals surface area contributed by atoms with Gasteiger partial charge in [-0.05, 0) is 65.9 Å². The van der Waals surface area contributed by atoms with Gasteiger partial charge in [-0.2, -0.15) is 0 Å². The monoisotopic (exact) mass is 345 g/mol. The van der Waals surface area contributed by atoms with E-state index in [1.54, 1.807) is 13.0 Å². The summed E-state index contributed by atoms with van der Waals surface area (Å²) in [4.78, 5) is 2.05. The molecule has 0 heterocycles. The van der Waals surface area contributed by atoms with E-state index in [1.807, 2.05) is 24.1 Å². The van der Waals surface area contributed by atoms with Crippen molar-refractivity contribution in [2.24, 2.45) is 0 Å². The molecule has 0 saturated heterocycles. The third-order valence-corrected chi connectivity index (χ3v) is 5.75. The topological polar surface area (TPSA) is 3.24 Å². The van der Waals surface area contributed by atoms with Crippen molar-refractivity contribution in [3.05, 3.63) is 82.7 Å². The maximum Gasteiger partial charge on any atom is 0.128 e. The van der Waals surface area contributed by atoms with Gasteiger partial charge < -0.3 is 4.90 Å². The molecule has 0 spiro atoms. The van der Waals surface area contributed by atoms with Gasteiger partial charge in [-0.3, -0.25) is 0 Å². The highest BCUT2D eigenvalue weighted by atomic mass is 19.1. The molecule has 0 N–H and O–H groups in total. The van der Waals surface area contributed by atoms with Gasteiger partial charge in [0.1, 0.15) is 5.82 Å². The Bertz CT molecular complexity index is 1020. The van der Waals surface area contributed by atoms with E-state index in [1.165, 1.54) is 27.8 Å². The van der Waals surface area contributed by atoms with Crippen LogP contribution in [-0.2, 0) is 5.41 Å². The summed E-state index contributed by atoms with van der Waals surface area (Å²) < 4.78 is 14.0. The van der Waals surface area contributed by atoms with Gasteiger partial charge in [-0.1, -0.05) is 49.7 Å². The van der Waals surface area contributed by atoms with Crippen LogP contribution in [0, 0.1) is 19.7 Å². The van der Waals surface area contributed by atoms with E-state index < -0.39 is 0 Å². The number of hydrogen-bond acceptors (Lipinski definition) is 1. The molecule has 0 atom stereocenters. The molecule has 3 aromatic rings. The largest absolute Gasteiger partial charge is 0.345 e. The second-order valence-electron chi connectivity index (χ2n) is 7.90. The lowest BCUT2D eigenvalue weighted by atomic mass is 9.82. The molecule has 1 nitrogen and oxygen atoms in total. The summed E-state index contributed by atoms with van der Waals surface area (Å²) >= 11 is 0. The standard InChI is InChI=1S/C24H24FN/c1-15-6-10-19-20-11-9-17(13-22(20)24(3,4)21(19)12-15)26(5)18-8-7-16(2)23(25)14-18/h6-14H,1-5H3. The van der Waals surface area contributed by atoms with Crippen molar-refractivity contribution in [1.82, 2.24) is 0 Å². The van der Waals surface area contributed by atoms with Gasteiger partial charge in [0.05, 0.1) is 0 Å². The minimum atomic E-state index is -0.168. The highest BCUT2D eigenvalue weighted by Gasteiger charge is 2.35. The third kappa shape index (κ3) is 2.44. The smallest absolute Gasteiger partial charge is 0.128 e. The zero-order chi connectivity index (χ0) is 18.6. The average molecular weight is 345 g/mol. The molecular formula is C24H24FN. The first kappa shape index (κ1) is 16.8. The van der Waals surface area contributed by atoms with Crippen LogP contribution in [0.2, 0.25) is 0 Å². The summed E-state index contributed by atoms with van der Waals surface area (Å²) in [5.41, 5.74) is 9.20. The average Bonchev–Trinajstić information content (AvgIpc) is 2.84. The second kappa shape index (κ2) is 5.70. The van der Waals surface area contributed by atoms with E-state index in [2.05, 4.69) is 57.2 Å². The number of rotatable bonds is 2. The van der Waals surface area contributed by atoms with Crippen LogP contribution < -0.4 is 4.90 Å². The highest BCUT2D eigenvalue weighted by Crippen LogP contribution is 2.50. The van der Waals surface area contributed by atoms with Gasteiger partial charge in [-0.25, -0.2) is 4.39 Å². The number of anilines is 2. The summed E-state index contributed by atoms with van der Waals surface area (Å²) in [5.74, 6) is -0.168. The Morgan fingerprint density at radius 2 is 1.35 bits per heavy atom. The summed E-state index contributed by atoms with van der Waals surface area (Å²) in [6.07, 6.45) is 0. The fourth-order valence-electron chi connectivity index (χ4n) is 3.99. The zero-order valence-electron chi connectivity index (χ0n) is 16.0. The van der Waals surface area contributed by atoms with E-state index in [-0.39, 0.29) is 11.2 Å². The van der Waals surface area contributed by atoms with Gasteiger partial charge in [0.25, 0.3) is 0 Å². The van der Waals surface area contributed by atoms with Crippen LogP contribution in [0.1, 0.15) is 36.1 Å². The van der Waals surface area contributed by atoms with Crippen molar-refractivity contribution >= 4 is 11.4 Å². The summed E-state index contributed by atoms with van der Waals surface area (Å²) in [7, 11) is 1.99. The lowest BCUT2D eigenvalue weighted by Crippen LogP contribution is -2.16. The summed E-state index contributed by atoms with van der Waals surface area (Å²) in [6.45, 7) is 8.50. The fourth-order valence-corrected chi connectivity index (χ4v) is 3.99. The van der Waals surface area contributed by atoms with Crippen LogP contribution in [0.4, 0.5) is 15.8 Å². The molecule has 1 aliphatic rings. The molecular weight excluding hydrogens is 321 g/mol. The highest BCUT2D eigenvalue weighted by molar-refractivity contribution is 5.83. The van der Waals surface area contributed by atoms with Crippen molar-refractivity contribution in [2.45, 2.75) is 33.1 Å². The van der Waals surface area contributed by atoms with Gasteiger partial charge in [0.15, 0.2) is 0 Å². The fraction of sp³-hybridized carbons (Fsp3) is 0.250. The zero-order valence-corrected chi connectivity index (χ0v) is 16.0. The van der Waals surface area contributed by atoms with Gasteiger partial charge in [0.2, 0.25) is 0 Å². The lowest BCUT2D eigenvalue weighted by Gasteiger charge is -2.25. The van der Waals surface area contributed by atoms with Crippen molar-refractivity contribution in [2.75, 3.05) is 11.9 Å². The maximum absolute atomic E-state index is 14.0. The van der Waals surface area contributed by atoms with Crippen LogP contribution in [0.15, 0.2) is 54.6 Å². The molecule has 26 heavy (non-hydrogen) atoms. The Kier molecular flexibility index (Phi) is 3.69. The van der Waals surface area contributed by atoms with E-state index in [4.69, 9.17) is 0 Å². The maximum atomic E-state index is 14.0. The first-order chi connectivity index (χ1) is 12.3. The molecule has 3 aromatic carbocycles. The molecule has 0 fully saturated rings. The quantitative estimate of drug-likeness (QED) is 0.511. The van der Waals surface area contributed by atoms with Crippen LogP contribution in [0.3, 0.4) is 0 Å². The summed E-state index contributed by atoms with van der Waals surface area (Å²) in [6, 6.07) is 18.7. The number of benzene rings is 3. The molecule has 0 bridgehead atoms. The van der Waals surface area contributed by atoms with Crippen LogP contribution >= 0.6 is 0 Å². The van der Waals surface area contributed by atoms with Crippen molar-refractivity contribution in [3.63, 3.8) is 0 Å².